The van der Waals surface area contributed by atoms with Gasteiger partial charge in [-0.05, 0) is 35.0 Å². The summed E-state index contributed by atoms with van der Waals surface area (Å²) < 4.78 is 14.1. The van der Waals surface area contributed by atoms with Crippen LogP contribution in [0.1, 0.15) is 15.8 Å². The Bertz CT molecular complexity index is 722. The van der Waals surface area contributed by atoms with Gasteiger partial charge in [0.25, 0.3) is 0 Å². The smallest absolute Gasteiger partial charge is 0.124 e. The van der Waals surface area contributed by atoms with E-state index in [1.54, 1.807) is 17.4 Å². The van der Waals surface area contributed by atoms with Crippen molar-refractivity contribution in [3.63, 3.8) is 0 Å². The van der Waals surface area contributed by atoms with Gasteiger partial charge in [0.15, 0.2) is 0 Å². The standard InChI is InChI=1S/C13H10ClFN2S2/c14-9-3-4-18-13(9)12(17-16)11-5-7-1-2-8(15)6-10(7)19-11/h1-6,12,17H,16H2. The number of thiophene rings is 2. The van der Waals surface area contributed by atoms with Gasteiger partial charge in [0.1, 0.15) is 5.82 Å². The van der Waals surface area contributed by atoms with Crippen LogP contribution >= 0.6 is 34.3 Å². The number of nitrogens with one attached hydrogen (secondary N) is 1. The number of nitrogens with two attached hydrogens (primary N) is 1. The van der Waals surface area contributed by atoms with Gasteiger partial charge >= 0.3 is 0 Å². The molecule has 0 saturated heterocycles. The average molecular weight is 313 g/mol. The van der Waals surface area contributed by atoms with E-state index >= 15 is 0 Å². The van der Waals surface area contributed by atoms with E-state index in [0.717, 1.165) is 19.8 Å². The normalized spacial score (nSPS) is 13.0. The number of rotatable bonds is 3. The fourth-order valence-electron chi connectivity index (χ4n) is 1.97. The summed E-state index contributed by atoms with van der Waals surface area (Å²) in [7, 11) is 0. The summed E-state index contributed by atoms with van der Waals surface area (Å²) in [5.74, 6) is 5.42. The monoisotopic (exact) mass is 312 g/mol. The summed E-state index contributed by atoms with van der Waals surface area (Å²) in [6.45, 7) is 0. The minimum Gasteiger partial charge on any atom is -0.271 e. The molecule has 2 nitrogen and oxygen atoms in total. The molecule has 0 saturated carbocycles. The zero-order valence-electron chi connectivity index (χ0n) is 9.69. The highest BCUT2D eigenvalue weighted by Gasteiger charge is 2.19. The van der Waals surface area contributed by atoms with Crippen LogP contribution < -0.4 is 11.3 Å². The Hall–Kier alpha value is -0.980. The predicted molar refractivity (Wildman–Crippen MR) is 80.3 cm³/mol. The van der Waals surface area contributed by atoms with Crippen LogP contribution in [0.5, 0.6) is 0 Å². The molecule has 1 unspecified atom stereocenters. The van der Waals surface area contributed by atoms with E-state index in [1.165, 1.54) is 23.5 Å². The fraction of sp³-hybridized carbons (Fsp3) is 0.0769. The Morgan fingerprint density at radius 1 is 1.26 bits per heavy atom. The Morgan fingerprint density at radius 3 is 2.79 bits per heavy atom. The van der Waals surface area contributed by atoms with E-state index in [4.69, 9.17) is 17.4 Å². The van der Waals surface area contributed by atoms with Gasteiger partial charge in [0.05, 0.1) is 11.1 Å². The van der Waals surface area contributed by atoms with E-state index in [-0.39, 0.29) is 11.9 Å². The van der Waals surface area contributed by atoms with Gasteiger partial charge in [-0.25, -0.2) is 9.82 Å². The molecule has 19 heavy (non-hydrogen) atoms. The first-order chi connectivity index (χ1) is 9.19. The molecule has 3 rings (SSSR count). The Labute approximate surface area is 122 Å². The third-order valence-electron chi connectivity index (χ3n) is 2.86. The zero-order chi connectivity index (χ0) is 13.4. The molecule has 98 valence electrons. The minimum atomic E-state index is -0.229. The highest BCUT2D eigenvalue weighted by atomic mass is 35.5. The van der Waals surface area contributed by atoms with Crippen molar-refractivity contribution in [1.82, 2.24) is 5.43 Å². The van der Waals surface area contributed by atoms with Crippen LogP contribution in [0.25, 0.3) is 10.1 Å². The molecule has 2 heterocycles. The highest BCUT2D eigenvalue weighted by molar-refractivity contribution is 7.19. The van der Waals surface area contributed by atoms with E-state index < -0.39 is 0 Å². The van der Waals surface area contributed by atoms with Crippen LogP contribution in [0.15, 0.2) is 35.7 Å². The SMILES string of the molecule is NNC(c1cc2ccc(F)cc2s1)c1sccc1Cl. The maximum atomic E-state index is 13.2. The van der Waals surface area contributed by atoms with Crippen molar-refractivity contribution in [3.05, 3.63) is 56.3 Å². The quantitative estimate of drug-likeness (QED) is 0.559. The molecule has 0 aliphatic rings. The van der Waals surface area contributed by atoms with Crippen LogP contribution in [0.3, 0.4) is 0 Å². The second kappa shape index (κ2) is 5.19. The minimum absolute atomic E-state index is 0.159. The van der Waals surface area contributed by atoms with Gasteiger partial charge < -0.3 is 0 Å². The molecule has 0 amide bonds. The molecule has 0 fully saturated rings. The summed E-state index contributed by atoms with van der Waals surface area (Å²) >= 11 is 9.21. The Balaban J connectivity index is 2.09. The van der Waals surface area contributed by atoms with Gasteiger partial charge in [-0.1, -0.05) is 17.7 Å². The molecule has 0 radical (unpaired) electrons. The predicted octanol–water partition coefficient (Wildman–Crippen LogP) is 4.31. The topological polar surface area (TPSA) is 38.0 Å². The largest absolute Gasteiger partial charge is 0.271 e. The van der Waals surface area contributed by atoms with Crippen LogP contribution in [0, 0.1) is 5.82 Å². The maximum Gasteiger partial charge on any atom is 0.124 e. The lowest BCUT2D eigenvalue weighted by atomic mass is 10.2. The number of hydrogen-bond donors (Lipinski definition) is 2. The van der Waals surface area contributed by atoms with Crippen molar-refractivity contribution < 1.29 is 4.39 Å². The molecule has 0 aliphatic heterocycles. The van der Waals surface area contributed by atoms with Crippen molar-refractivity contribution in [2.24, 2.45) is 5.84 Å². The Morgan fingerprint density at radius 2 is 2.11 bits per heavy atom. The van der Waals surface area contributed by atoms with Crippen molar-refractivity contribution in [2.45, 2.75) is 6.04 Å². The molecule has 2 aromatic heterocycles. The summed E-state index contributed by atoms with van der Waals surface area (Å²) in [5, 5.41) is 3.63. The summed E-state index contributed by atoms with van der Waals surface area (Å²) in [4.78, 5) is 1.99. The summed E-state index contributed by atoms with van der Waals surface area (Å²) in [6, 6.07) is 8.47. The van der Waals surface area contributed by atoms with E-state index in [1.807, 2.05) is 17.5 Å². The fourth-order valence-corrected chi connectivity index (χ4v) is 4.44. The number of hydrogen-bond acceptors (Lipinski definition) is 4. The van der Waals surface area contributed by atoms with Gasteiger partial charge in [0, 0.05) is 14.5 Å². The highest BCUT2D eigenvalue weighted by Crippen LogP contribution is 2.37. The maximum absolute atomic E-state index is 13.2. The number of hydrazine groups is 1. The lowest BCUT2D eigenvalue weighted by Gasteiger charge is -2.12. The molecule has 3 N–H and O–H groups in total. The van der Waals surface area contributed by atoms with Crippen molar-refractivity contribution in [1.29, 1.82) is 0 Å². The zero-order valence-corrected chi connectivity index (χ0v) is 12.1. The van der Waals surface area contributed by atoms with E-state index in [9.17, 15) is 4.39 Å². The van der Waals surface area contributed by atoms with Crippen LogP contribution in [0.2, 0.25) is 5.02 Å². The van der Waals surface area contributed by atoms with E-state index in [0.29, 0.717) is 5.02 Å². The van der Waals surface area contributed by atoms with Gasteiger partial charge in [-0.3, -0.25) is 5.84 Å². The lowest BCUT2D eigenvalue weighted by molar-refractivity contribution is 0.630. The molecule has 3 aromatic rings. The summed E-state index contributed by atoms with van der Waals surface area (Å²) in [6.07, 6.45) is 0. The van der Waals surface area contributed by atoms with Crippen molar-refractivity contribution in [2.75, 3.05) is 0 Å². The molecule has 1 aromatic carbocycles. The number of halogens is 2. The van der Waals surface area contributed by atoms with Crippen LogP contribution in [0.4, 0.5) is 4.39 Å². The van der Waals surface area contributed by atoms with Gasteiger partial charge in [-0.15, -0.1) is 22.7 Å². The average Bonchev–Trinajstić information content (AvgIpc) is 2.97. The second-order valence-electron chi connectivity index (χ2n) is 4.06. The van der Waals surface area contributed by atoms with Gasteiger partial charge in [0.2, 0.25) is 0 Å². The number of fused-ring (bicyclic) bond motifs is 1. The molecule has 6 heteroatoms. The van der Waals surface area contributed by atoms with Crippen LogP contribution in [-0.4, -0.2) is 0 Å². The van der Waals surface area contributed by atoms with Crippen molar-refractivity contribution >= 4 is 44.4 Å². The first-order valence-corrected chi connectivity index (χ1v) is 7.64. The molecule has 0 spiro atoms. The second-order valence-corrected chi connectivity index (χ2v) is 6.53. The number of benzene rings is 1. The third kappa shape index (κ3) is 2.40. The van der Waals surface area contributed by atoms with Crippen LogP contribution in [-0.2, 0) is 0 Å². The molecular formula is C13H10ClFN2S2. The lowest BCUT2D eigenvalue weighted by Crippen LogP contribution is -2.27. The van der Waals surface area contributed by atoms with E-state index in [2.05, 4.69) is 5.43 Å². The molecular weight excluding hydrogens is 303 g/mol. The first kappa shape index (κ1) is 13.0. The van der Waals surface area contributed by atoms with Gasteiger partial charge in [-0.2, -0.15) is 0 Å². The molecule has 0 bridgehead atoms. The first-order valence-electron chi connectivity index (χ1n) is 5.57. The molecule has 0 aliphatic carbocycles. The Kier molecular flexibility index (Phi) is 3.56. The van der Waals surface area contributed by atoms with Crippen molar-refractivity contribution in [3.8, 4) is 0 Å². The molecule has 1 atom stereocenters. The third-order valence-corrected chi connectivity index (χ3v) is 5.45. The summed E-state index contributed by atoms with van der Waals surface area (Å²) in [5.41, 5.74) is 2.78.